The summed E-state index contributed by atoms with van der Waals surface area (Å²) in [5.74, 6) is 0.660. The molecule has 3 rings (SSSR count). The lowest BCUT2D eigenvalue weighted by Gasteiger charge is -2.21. The number of hydrogen-bond donors (Lipinski definition) is 2. The number of amides is 1. The van der Waals surface area contributed by atoms with Crippen molar-refractivity contribution in [3.05, 3.63) is 86.9 Å². The van der Waals surface area contributed by atoms with E-state index in [0.717, 1.165) is 33.6 Å². The fraction of sp³-hybridized carbons (Fsp3) is 0.321. The van der Waals surface area contributed by atoms with Crippen LogP contribution in [0.25, 0.3) is 0 Å². The van der Waals surface area contributed by atoms with Crippen molar-refractivity contribution in [1.29, 1.82) is 0 Å². The third-order valence-electron chi connectivity index (χ3n) is 6.16. The molecule has 3 aromatic carbocycles. The van der Waals surface area contributed by atoms with Gasteiger partial charge in [0.1, 0.15) is 10.6 Å². The first-order valence-electron chi connectivity index (χ1n) is 11.7. The smallest absolute Gasteiger partial charge is 0.263 e. The molecule has 0 bridgehead atoms. The zero-order chi connectivity index (χ0) is 26.8. The molecule has 0 aromatic heterocycles. The van der Waals surface area contributed by atoms with Gasteiger partial charge in [0, 0.05) is 5.56 Å². The van der Waals surface area contributed by atoms with Crippen LogP contribution in [0.3, 0.4) is 0 Å². The number of hydrogen-bond acceptors (Lipinski definition) is 4. The maximum Gasteiger partial charge on any atom is 0.263 e. The van der Waals surface area contributed by atoms with E-state index < -0.39 is 15.9 Å². The minimum Gasteiger partial charge on any atom is -0.496 e. The second kappa shape index (κ2) is 10.9. The van der Waals surface area contributed by atoms with E-state index in [1.54, 1.807) is 13.2 Å². The molecule has 0 saturated carbocycles. The number of nitrogens with one attached hydrogen (secondary N) is 2. The lowest BCUT2D eigenvalue weighted by Crippen LogP contribution is -2.27. The van der Waals surface area contributed by atoms with Crippen molar-refractivity contribution in [2.45, 2.75) is 58.4 Å². The van der Waals surface area contributed by atoms with E-state index >= 15 is 0 Å². The van der Waals surface area contributed by atoms with Crippen LogP contribution in [0.4, 0.5) is 5.69 Å². The molecule has 1 amide bonds. The van der Waals surface area contributed by atoms with Gasteiger partial charge in [-0.05, 0) is 92.3 Å². The van der Waals surface area contributed by atoms with Gasteiger partial charge in [0.15, 0.2) is 0 Å². The fourth-order valence-corrected chi connectivity index (χ4v) is 5.80. The van der Waals surface area contributed by atoms with Gasteiger partial charge in [-0.1, -0.05) is 43.1 Å². The maximum absolute atomic E-state index is 13.1. The average Bonchev–Trinajstić information content (AvgIpc) is 2.80. The largest absolute Gasteiger partial charge is 0.496 e. The Balaban J connectivity index is 1.88. The van der Waals surface area contributed by atoms with E-state index in [1.807, 2.05) is 45.9 Å². The van der Waals surface area contributed by atoms with Gasteiger partial charge in [-0.2, -0.15) is 0 Å². The number of ether oxygens (including phenoxy) is 1. The molecule has 2 N–H and O–H groups in total. The van der Waals surface area contributed by atoms with E-state index in [0.29, 0.717) is 5.69 Å². The fourth-order valence-electron chi connectivity index (χ4n) is 4.15. The molecule has 0 spiro atoms. The van der Waals surface area contributed by atoms with Crippen molar-refractivity contribution >= 4 is 33.2 Å². The number of carbonyl (C=O) groups is 1. The van der Waals surface area contributed by atoms with Crippen LogP contribution in [0.1, 0.15) is 70.9 Å². The number of anilines is 1. The summed E-state index contributed by atoms with van der Waals surface area (Å²) in [7, 11) is -2.38. The summed E-state index contributed by atoms with van der Waals surface area (Å²) < 4.78 is 34.4. The normalized spacial score (nSPS) is 12.4. The number of rotatable bonds is 8. The van der Waals surface area contributed by atoms with Gasteiger partial charge in [0.25, 0.3) is 15.9 Å². The Kier molecular flexibility index (Phi) is 8.37. The van der Waals surface area contributed by atoms with Gasteiger partial charge >= 0.3 is 0 Å². The molecule has 192 valence electrons. The first-order valence-corrected chi connectivity index (χ1v) is 13.6. The lowest BCUT2D eigenvalue weighted by molar-refractivity contribution is 0.0939. The molecule has 0 aliphatic carbocycles. The van der Waals surface area contributed by atoms with E-state index in [4.69, 9.17) is 16.3 Å². The van der Waals surface area contributed by atoms with Crippen LogP contribution in [0, 0.1) is 20.8 Å². The minimum absolute atomic E-state index is 0.0319. The van der Waals surface area contributed by atoms with Crippen LogP contribution < -0.4 is 14.8 Å². The van der Waals surface area contributed by atoms with Crippen LogP contribution in [-0.4, -0.2) is 21.4 Å². The monoisotopic (exact) mass is 528 g/mol. The molecule has 3 aromatic rings. The molecule has 6 nitrogen and oxygen atoms in total. The lowest BCUT2D eigenvalue weighted by atomic mass is 9.93. The number of carbonyl (C=O) groups excluding carboxylic acids is 1. The van der Waals surface area contributed by atoms with Crippen LogP contribution in [0.15, 0.2) is 53.4 Å². The maximum atomic E-state index is 13.1. The molecule has 36 heavy (non-hydrogen) atoms. The molecule has 0 unspecified atom stereocenters. The Morgan fingerprint density at radius 1 is 0.917 bits per heavy atom. The van der Waals surface area contributed by atoms with Gasteiger partial charge < -0.3 is 10.1 Å². The molecular formula is C28H33ClN2O4S. The molecule has 0 aliphatic rings. The van der Waals surface area contributed by atoms with E-state index in [9.17, 15) is 13.2 Å². The van der Waals surface area contributed by atoms with Crippen molar-refractivity contribution < 1.29 is 17.9 Å². The molecular weight excluding hydrogens is 496 g/mol. The van der Waals surface area contributed by atoms with Gasteiger partial charge in [-0.25, -0.2) is 8.42 Å². The molecule has 0 heterocycles. The zero-order valence-corrected chi connectivity index (χ0v) is 23.3. The molecule has 0 radical (unpaired) electrons. The number of sulfonamides is 1. The summed E-state index contributed by atoms with van der Waals surface area (Å²) in [5.41, 5.74) is 5.46. The quantitative estimate of drug-likeness (QED) is 0.341. The summed E-state index contributed by atoms with van der Waals surface area (Å²) in [6, 6.07) is 13.4. The first kappa shape index (κ1) is 27.6. The van der Waals surface area contributed by atoms with Crippen molar-refractivity contribution in [2.24, 2.45) is 0 Å². The molecule has 0 aliphatic heterocycles. The van der Waals surface area contributed by atoms with Gasteiger partial charge in [0.2, 0.25) is 0 Å². The molecule has 0 saturated heterocycles. The van der Waals surface area contributed by atoms with E-state index in [2.05, 4.69) is 30.0 Å². The number of aryl methyl sites for hydroxylation is 3. The van der Waals surface area contributed by atoms with Crippen LogP contribution >= 0.6 is 11.6 Å². The second-order valence-corrected chi connectivity index (χ2v) is 11.4. The summed E-state index contributed by atoms with van der Waals surface area (Å²) in [5, 5.41) is 3.01. The third-order valence-corrected chi connectivity index (χ3v) is 8.01. The van der Waals surface area contributed by atoms with Gasteiger partial charge in [-0.15, -0.1) is 0 Å². The van der Waals surface area contributed by atoms with Crippen molar-refractivity contribution in [3.8, 4) is 5.75 Å². The Morgan fingerprint density at radius 2 is 1.61 bits per heavy atom. The Hall–Kier alpha value is -3.03. The van der Waals surface area contributed by atoms with Crippen molar-refractivity contribution in [1.82, 2.24) is 5.32 Å². The predicted octanol–water partition coefficient (Wildman–Crippen LogP) is 6.69. The second-order valence-electron chi connectivity index (χ2n) is 9.37. The van der Waals surface area contributed by atoms with Gasteiger partial charge in [0.05, 0.1) is 23.9 Å². The van der Waals surface area contributed by atoms with Crippen LogP contribution in [0.5, 0.6) is 5.75 Å². The highest BCUT2D eigenvalue weighted by molar-refractivity contribution is 7.92. The van der Waals surface area contributed by atoms with E-state index in [1.165, 1.54) is 18.2 Å². The topological polar surface area (TPSA) is 84.5 Å². The van der Waals surface area contributed by atoms with Gasteiger partial charge in [-0.3, -0.25) is 9.52 Å². The van der Waals surface area contributed by atoms with Crippen LogP contribution in [0.2, 0.25) is 5.02 Å². The predicted molar refractivity (Wildman–Crippen MR) is 146 cm³/mol. The van der Waals surface area contributed by atoms with Crippen molar-refractivity contribution in [3.63, 3.8) is 0 Å². The molecule has 1 atom stereocenters. The summed E-state index contributed by atoms with van der Waals surface area (Å²) in [6.07, 6.45) is 0. The molecule has 0 fully saturated rings. The highest BCUT2D eigenvalue weighted by Gasteiger charge is 2.23. The summed E-state index contributed by atoms with van der Waals surface area (Å²) in [6.45, 7) is 11.8. The number of halogens is 1. The van der Waals surface area contributed by atoms with E-state index in [-0.39, 0.29) is 27.4 Å². The minimum atomic E-state index is -4.02. The number of methoxy groups -OCH3 is 1. The van der Waals surface area contributed by atoms with Crippen LogP contribution in [-0.2, 0) is 10.0 Å². The Bertz CT molecular complexity index is 1400. The zero-order valence-electron chi connectivity index (χ0n) is 21.7. The molecule has 8 heteroatoms. The summed E-state index contributed by atoms with van der Waals surface area (Å²) in [4.78, 5) is 13.0. The highest BCUT2D eigenvalue weighted by Crippen LogP contribution is 2.32. The Morgan fingerprint density at radius 3 is 2.22 bits per heavy atom. The highest BCUT2D eigenvalue weighted by atomic mass is 35.5. The SMILES string of the molecule is COc1cc(C)c([C@@H](C)NC(=O)c2ccc(Cl)c(S(=O)(=O)Nc3ccc(C)cc3C)c2)cc1C(C)C. The summed E-state index contributed by atoms with van der Waals surface area (Å²) >= 11 is 6.25. The standard InChI is InChI=1S/C28H33ClN2O4S/c1-16(2)22-15-23(18(4)13-26(22)35-7)20(6)30-28(32)21-9-10-24(29)27(14-21)36(33,34)31-25-11-8-17(3)12-19(25)5/h8-16,20,31H,1-7H3,(H,30,32)/t20-/m1/s1. The third kappa shape index (κ3) is 6.02. The Labute approximate surface area is 219 Å². The van der Waals surface area contributed by atoms with Crippen molar-refractivity contribution in [2.75, 3.05) is 11.8 Å². The average molecular weight is 529 g/mol. The first-order chi connectivity index (χ1) is 16.8. The number of benzene rings is 3.